The second-order valence-electron chi connectivity index (χ2n) is 7.57. The van der Waals surface area contributed by atoms with Gasteiger partial charge in [0.05, 0.1) is 0 Å². The Morgan fingerprint density at radius 3 is 2.44 bits per heavy atom. The lowest BCUT2D eigenvalue weighted by atomic mass is 9.87. The Hall–Kier alpha value is -3.08. The number of aryl methyl sites for hydroxylation is 1. The Bertz CT molecular complexity index is 1030. The molecule has 5 nitrogen and oxygen atoms in total. The van der Waals surface area contributed by atoms with Crippen LogP contribution < -0.4 is 15.7 Å². The average molecular weight is 365 g/mol. The van der Waals surface area contributed by atoms with Crippen LogP contribution in [0.3, 0.4) is 0 Å². The number of nitrogens with one attached hydrogen (secondary N) is 1. The first-order chi connectivity index (χ1) is 12.7. The lowest BCUT2D eigenvalue weighted by molar-refractivity contribution is -0.118. The lowest BCUT2D eigenvalue weighted by Gasteiger charge is -2.19. The molecule has 0 aliphatic heterocycles. The predicted molar refractivity (Wildman–Crippen MR) is 106 cm³/mol. The molecule has 3 aromatic rings. The van der Waals surface area contributed by atoms with Crippen LogP contribution in [-0.4, -0.2) is 12.5 Å². The van der Waals surface area contributed by atoms with Gasteiger partial charge in [0.1, 0.15) is 11.3 Å². The van der Waals surface area contributed by atoms with Crippen LogP contribution in [0.4, 0.5) is 5.69 Å². The first-order valence-electron chi connectivity index (χ1n) is 8.80. The number of rotatable bonds is 4. The Balaban J connectivity index is 1.64. The summed E-state index contributed by atoms with van der Waals surface area (Å²) in [5.41, 5.74) is 2.85. The van der Waals surface area contributed by atoms with E-state index in [2.05, 4.69) is 26.1 Å². The summed E-state index contributed by atoms with van der Waals surface area (Å²) in [6.07, 6.45) is 0. The Kier molecular flexibility index (Phi) is 5.04. The smallest absolute Gasteiger partial charge is 0.336 e. The molecule has 0 bridgehead atoms. The molecule has 0 saturated heterocycles. The molecule has 0 aliphatic carbocycles. The standard InChI is InChI=1S/C22H23NO4/c1-14-11-21(25)27-19-12-17(9-10-18(14)19)26-13-20(24)23-16-7-5-15(6-8-16)22(2,3)4/h5-12H,13H2,1-4H3,(H,23,24). The third kappa shape index (κ3) is 4.56. The first-order valence-corrected chi connectivity index (χ1v) is 8.80. The van der Waals surface area contributed by atoms with E-state index in [9.17, 15) is 9.59 Å². The maximum absolute atomic E-state index is 12.1. The van der Waals surface area contributed by atoms with Crippen molar-refractivity contribution in [2.24, 2.45) is 0 Å². The maximum Gasteiger partial charge on any atom is 0.336 e. The zero-order valence-electron chi connectivity index (χ0n) is 16.0. The molecular formula is C22H23NO4. The number of anilines is 1. The number of benzene rings is 2. The fourth-order valence-corrected chi connectivity index (χ4v) is 2.79. The minimum absolute atomic E-state index is 0.0646. The minimum atomic E-state index is -0.409. The van der Waals surface area contributed by atoms with E-state index in [1.165, 1.54) is 11.6 Å². The van der Waals surface area contributed by atoms with E-state index in [4.69, 9.17) is 9.15 Å². The number of hydrogen-bond acceptors (Lipinski definition) is 4. The summed E-state index contributed by atoms with van der Waals surface area (Å²) >= 11 is 0. The van der Waals surface area contributed by atoms with Gasteiger partial charge in [-0.1, -0.05) is 32.9 Å². The highest BCUT2D eigenvalue weighted by molar-refractivity contribution is 5.92. The lowest BCUT2D eigenvalue weighted by Crippen LogP contribution is -2.20. The summed E-state index contributed by atoms with van der Waals surface area (Å²) in [6.45, 7) is 8.13. The fraction of sp³-hybridized carbons (Fsp3) is 0.273. The van der Waals surface area contributed by atoms with E-state index in [1.54, 1.807) is 12.1 Å². The normalized spacial score (nSPS) is 11.4. The molecule has 140 valence electrons. The summed E-state index contributed by atoms with van der Waals surface area (Å²) in [7, 11) is 0. The molecule has 0 unspecified atom stereocenters. The van der Waals surface area contributed by atoms with Crippen LogP contribution in [0.2, 0.25) is 0 Å². The summed E-state index contributed by atoms with van der Waals surface area (Å²) < 4.78 is 10.7. The van der Waals surface area contributed by atoms with Crippen LogP contribution in [0, 0.1) is 6.92 Å². The van der Waals surface area contributed by atoms with Crippen molar-refractivity contribution < 1.29 is 13.9 Å². The summed E-state index contributed by atoms with van der Waals surface area (Å²) in [5.74, 6) is 0.207. The molecule has 1 aromatic heterocycles. The van der Waals surface area contributed by atoms with Crippen molar-refractivity contribution in [2.45, 2.75) is 33.1 Å². The summed E-state index contributed by atoms with van der Waals surface area (Å²) in [5, 5.41) is 3.65. The van der Waals surface area contributed by atoms with E-state index in [0.717, 1.165) is 16.6 Å². The molecule has 0 saturated carbocycles. The molecule has 1 amide bonds. The van der Waals surface area contributed by atoms with E-state index >= 15 is 0 Å². The third-order valence-corrected chi connectivity index (χ3v) is 4.33. The van der Waals surface area contributed by atoms with Gasteiger partial charge < -0.3 is 14.5 Å². The highest BCUT2D eigenvalue weighted by Crippen LogP contribution is 2.24. The van der Waals surface area contributed by atoms with Gasteiger partial charge in [0.2, 0.25) is 0 Å². The highest BCUT2D eigenvalue weighted by atomic mass is 16.5. The number of fused-ring (bicyclic) bond motifs is 1. The molecule has 2 aromatic carbocycles. The van der Waals surface area contributed by atoms with E-state index in [1.807, 2.05) is 37.3 Å². The van der Waals surface area contributed by atoms with Crippen LogP contribution in [0.5, 0.6) is 5.75 Å². The molecule has 1 heterocycles. The van der Waals surface area contributed by atoms with Crippen molar-refractivity contribution in [1.29, 1.82) is 0 Å². The largest absolute Gasteiger partial charge is 0.484 e. The first kappa shape index (κ1) is 18.7. The number of ether oxygens (including phenoxy) is 1. The molecule has 0 radical (unpaired) electrons. The third-order valence-electron chi connectivity index (χ3n) is 4.33. The van der Waals surface area contributed by atoms with Gasteiger partial charge in [0.25, 0.3) is 5.91 Å². The van der Waals surface area contributed by atoms with Crippen LogP contribution in [-0.2, 0) is 10.2 Å². The zero-order chi connectivity index (χ0) is 19.6. The van der Waals surface area contributed by atoms with Gasteiger partial charge >= 0.3 is 5.63 Å². The second kappa shape index (κ2) is 7.27. The molecule has 5 heteroatoms. The topological polar surface area (TPSA) is 68.5 Å². The molecule has 27 heavy (non-hydrogen) atoms. The number of hydrogen-bond donors (Lipinski definition) is 1. The Labute approximate surface area is 158 Å². The van der Waals surface area contributed by atoms with Gasteiger partial charge in [-0.3, -0.25) is 4.79 Å². The summed E-state index contributed by atoms with van der Waals surface area (Å²) in [6, 6.07) is 14.4. The van der Waals surface area contributed by atoms with Crippen LogP contribution in [0.25, 0.3) is 11.0 Å². The van der Waals surface area contributed by atoms with Crippen LogP contribution in [0.1, 0.15) is 31.9 Å². The number of carbonyl (C=O) groups is 1. The molecule has 1 N–H and O–H groups in total. The number of carbonyl (C=O) groups excluding carboxylic acids is 1. The average Bonchev–Trinajstić information content (AvgIpc) is 2.59. The van der Waals surface area contributed by atoms with E-state index in [-0.39, 0.29) is 17.9 Å². The maximum atomic E-state index is 12.1. The quantitative estimate of drug-likeness (QED) is 0.695. The van der Waals surface area contributed by atoms with Crippen LogP contribution in [0.15, 0.2) is 57.7 Å². The van der Waals surface area contributed by atoms with Crippen molar-refractivity contribution in [3.05, 3.63) is 70.1 Å². The molecule has 3 rings (SSSR count). The highest BCUT2D eigenvalue weighted by Gasteiger charge is 2.13. The van der Waals surface area contributed by atoms with Gasteiger partial charge in [0.15, 0.2) is 6.61 Å². The van der Waals surface area contributed by atoms with Crippen molar-refractivity contribution >= 4 is 22.6 Å². The monoisotopic (exact) mass is 365 g/mol. The van der Waals surface area contributed by atoms with Gasteiger partial charge in [0, 0.05) is 23.2 Å². The van der Waals surface area contributed by atoms with Crippen molar-refractivity contribution in [2.75, 3.05) is 11.9 Å². The van der Waals surface area contributed by atoms with Crippen molar-refractivity contribution in [3.8, 4) is 5.75 Å². The van der Waals surface area contributed by atoms with Gasteiger partial charge in [-0.25, -0.2) is 4.79 Å². The van der Waals surface area contributed by atoms with Gasteiger partial charge in [-0.2, -0.15) is 0 Å². The number of amides is 1. The predicted octanol–water partition coefficient (Wildman–Crippen LogP) is 4.42. The van der Waals surface area contributed by atoms with Crippen molar-refractivity contribution in [1.82, 2.24) is 0 Å². The fourth-order valence-electron chi connectivity index (χ4n) is 2.79. The summed E-state index contributed by atoms with van der Waals surface area (Å²) in [4.78, 5) is 23.6. The minimum Gasteiger partial charge on any atom is -0.484 e. The second-order valence-corrected chi connectivity index (χ2v) is 7.57. The zero-order valence-corrected chi connectivity index (χ0v) is 16.0. The van der Waals surface area contributed by atoms with E-state index in [0.29, 0.717) is 11.3 Å². The SMILES string of the molecule is Cc1cc(=O)oc2cc(OCC(=O)Nc3ccc(C(C)(C)C)cc3)ccc12. The van der Waals surface area contributed by atoms with Crippen LogP contribution >= 0.6 is 0 Å². The molecule has 0 atom stereocenters. The Morgan fingerprint density at radius 2 is 1.78 bits per heavy atom. The Morgan fingerprint density at radius 1 is 1.07 bits per heavy atom. The molecule has 0 fully saturated rings. The molecule has 0 spiro atoms. The molecule has 0 aliphatic rings. The van der Waals surface area contributed by atoms with E-state index < -0.39 is 5.63 Å². The van der Waals surface area contributed by atoms with Gasteiger partial charge in [-0.15, -0.1) is 0 Å². The molecular weight excluding hydrogens is 342 g/mol. The van der Waals surface area contributed by atoms with Crippen molar-refractivity contribution in [3.63, 3.8) is 0 Å². The van der Waals surface area contributed by atoms with Gasteiger partial charge in [-0.05, 0) is 47.7 Å².